The number of hydrogen-bond donors (Lipinski definition) is 0. The Kier molecular flexibility index (Phi) is 8.80. The van der Waals surface area contributed by atoms with E-state index in [0.717, 1.165) is 65.2 Å². The molecule has 5 rings (SSSR count). The summed E-state index contributed by atoms with van der Waals surface area (Å²) in [5.41, 5.74) is 1.76. The maximum atomic E-state index is 13.6. The first kappa shape index (κ1) is 26.6. The van der Waals surface area contributed by atoms with E-state index >= 15 is 0 Å². The van der Waals surface area contributed by atoms with Crippen LogP contribution >= 0.6 is 39.8 Å². The highest BCUT2D eigenvalue weighted by Crippen LogP contribution is 2.44. The van der Waals surface area contributed by atoms with Crippen molar-refractivity contribution in [2.75, 3.05) is 32.9 Å². The van der Waals surface area contributed by atoms with Gasteiger partial charge in [0.05, 0.1) is 6.67 Å². The number of likely N-dealkylation sites (tertiary alicyclic amines) is 1. The van der Waals surface area contributed by atoms with E-state index < -0.39 is 0 Å². The number of ketones is 1. The summed E-state index contributed by atoms with van der Waals surface area (Å²) in [7, 11) is 0. The Balaban J connectivity index is 1.35. The van der Waals surface area contributed by atoms with Gasteiger partial charge in [-0.05, 0) is 89.8 Å². The van der Waals surface area contributed by atoms with E-state index in [4.69, 9.17) is 14.0 Å². The fourth-order valence-corrected chi connectivity index (χ4v) is 6.67. The summed E-state index contributed by atoms with van der Waals surface area (Å²) in [5.74, 6) is 2.90. The first-order valence-electron chi connectivity index (χ1n) is 12.3. The standard InChI is InChI=1S/C28H28FINO4PS/c1-18-4-2-3-5-23(18)26(32)28-27(24-11-10-22(35-36-30)14-25(24)37-28)34-21-8-6-20(7-9-21)33-13-12-31-16-19(15-29)17-31/h4-11,14,19,36H,2-3,12-13,15-17H2,1H3. The number of alkyl halides is 1. The number of thiophene rings is 1. The van der Waals surface area contributed by atoms with Crippen molar-refractivity contribution in [1.29, 1.82) is 0 Å². The third-order valence-corrected chi connectivity index (χ3v) is 8.69. The molecule has 1 aliphatic heterocycles. The van der Waals surface area contributed by atoms with Crippen LogP contribution in [-0.2, 0) is 0 Å². The second kappa shape index (κ2) is 12.2. The van der Waals surface area contributed by atoms with E-state index in [2.05, 4.69) is 33.0 Å². The Morgan fingerprint density at radius 1 is 1.11 bits per heavy atom. The molecule has 1 fully saturated rings. The van der Waals surface area contributed by atoms with Gasteiger partial charge < -0.3 is 14.0 Å². The normalized spacial score (nSPS) is 16.5. The maximum Gasteiger partial charge on any atom is 0.206 e. The van der Waals surface area contributed by atoms with Crippen LogP contribution in [0.1, 0.15) is 29.4 Å². The molecular formula is C28H28FINO4PS. The molecule has 194 valence electrons. The predicted octanol–water partition coefficient (Wildman–Crippen LogP) is 8.15. The summed E-state index contributed by atoms with van der Waals surface area (Å²) in [6.45, 7) is 5.01. The summed E-state index contributed by atoms with van der Waals surface area (Å²) < 4.78 is 31.5. The lowest BCUT2D eigenvalue weighted by Gasteiger charge is -2.37. The largest absolute Gasteiger partial charge is 0.492 e. The van der Waals surface area contributed by atoms with Crippen molar-refractivity contribution in [2.24, 2.45) is 5.92 Å². The number of nitrogens with zero attached hydrogens (tertiary/aromatic N) is 1. The quantitative estimate of drug-likeness (QED) is 0.119. The Morgan fingerprint density at radius 3 is 2.57 bits per heavy atom. The van der Waals surface area contributed by atoms with Crippen molar-refractivity contribution in [2.45, 2.75) is 19.8 Å². The van der Waals surface area contributed by atoms with Gasteiger partial charge in [-0.15, -0.1) is 11.3 Å². The smallest absolute Gasteiger partial charge is 0.206 e. The Morgan fingerprint density at radius 2 is 1.84 bits per heavy atom. The van der Waals surface area contributed by atoms with Gasteiger partial charge in [0.15, 0.2) is 5.75 Å². The lowest BCUT2D eigenvalue weighted by Crippen LogP contribution is -2.49. The first-order valence-corrected chi connectivity index (χ1v) is 17.1. The summed E-state index contributed by atoms with van der Waals surface area (Å²) in [4.78, 5) is 16.4. The van der Waals surface area contributed by atoms with Gasteiger partial charge in [0.25, 0.3) is 0 Å². The monoisotopic (exact) mass is 651 g/mol. The number of allylic oxidation sites excluding steroid dienone is 4. The fraction of sp³-hybridized carbons (Fsp3) is 0.321. The molecule has 1 atom stereocenters. The summed E-state index contributed by atoms with van der Waals surface area (Å²) in [6, 6.07) is 13.3. The summed E-state index contributed by atoms with van der Waals surface area (Å²) in [6.07, 6.45) is 5.97. The van der Waals surface area contributed by atoms with Crippen LogP contribution in [0.4, 0.5) is 4.39 Å². The molecule has 5 nitrogen and oxygen atoms in total. The molecule has 1 unspecified atom stereocenters. The molecule has 2 aromatic carbocycles. The third-order valence-electron chi connectivity index (χ3n) is 6.58. The van der Waals surface area contributed by atoms with Crippen LogP contribution in [0, 0.1) is 5.92 Å². The molecule has 2 heterocycles. The fourth-order valence-electron chi connectivity index (χ4n) is 4.58. The molecule has 9 heteroatoms. The highest BCUT2D eigenvalue weighted by Gasteiger charge is 2.26. The average Bonchev–Trinajstić information content (AvgIpc) is 3.24. The maximum absolute atomic E-state index is 13.6. The zero-order valence-corrected chi connectivity index (χ0v) is 24.4. The average molecular weight is 651 g/mol. The Bertz CT molecular complexity index is 1330. The number of hydrogen-bond acceptors (Lipinski definition) is 6. The number of carbonyl (C=O) groups is 1. The first-order chi connectivity index (χ1) is 18.1. The van der Waals surface area contributed by atoms with E-state index in [1.54, 1.807) is 0 Å². The van der Waals surface area contributed by atoms with E-state index in [9.17, 15) is 9.18 Å². The minimum absolute atomic E-state index is 0.0103. The number of ether oxygens (including phenoxy) is 2. The van der Waals surface area contributed by atoms with Crippen LogP contribution in [0.25, 0.3) is 10.1 Å². The zero-order valence-electron chi connectivity index (χ0n) is 20.5. The zero-order chi connectivity index (χ0) is 25.8. The molecule has 3 aromatic rings. The van der Waals surface area contributed by atoms with Crippen LogP contribution in [-0.4, -0.2) is 43.6 Å². The molecule has 0 radical (unpaired) electrons. The van der Waals surface area contributed by atoms with Crippen molar-refractivity contribution in [3.8, 4) is 23.0 Å². The SMILES string of the molecule is CC1=CCCC=C1C(=O)c1sc2cc(OPI)ccc2c1Oc1ccc(OCCN2CC(CF)C2)cc1. The Labute approximate surface area is 235 Å². The van der Waals surface area contributed by atoms with E-state index in [1.807, 2.05) is 55.5 Å². The third kappa shape index (κ3) is 6.19. The van der Waals surface area contributed by atoms with Gasteiger partial charge in [-0.25, -0.2) is 0 Å². The second-order valence-electron chi connectivity index (χ2n) is 9.21. The van der Waals surface area contributed by atoms with E-state index in [1.165, 1.54) is 11.3 Å². The molecule has 1 aromatic heterocycles. The molecular weight excluding hydrogens is 623 g/mol. The molecule has 0 saturated carbocycles. The van der Waals surface area contributed by atoms with Crippen LogP contribution in [0.3, 0.4) is 0 Å². The molecule has 0 spiro atoms. The molecule has 1 saturated heterocycles. The van der Waals surface area contributed by atoms with Crippen LogP contribution in [0.5, 0.6) is 23.0 Å². The minimum atomic E-state index is -0.243. The van der Waals surface area contributed by atoms with Crippen LogP contribution in [0.15, 0.2) is 65.8 Å². The van der Waals surface area contributed by atoms with Crippen molar-refractivity contribution >= 4 is 55.7 Å². The van der Waals surface area contributed by atoms with Gasteiger partial charge in [0.2, 0.25) is 5.78 Å². The van der Waals surface area contributed by atoms with Crippen molar-refractivity contribution in [3.05, 3.63) is 70.6 Å². The second-order valence-corrected chi connectivity index (χ2v) is 11.9. The highest BCUT2D eigenvalue weighted by atomic mass is 127. The van der Waals surface area contributed by atoms with Gasteiger partial charge in [0.1, 0.15) is 35.2 Å². The highest BCUT2D eigenvalue weighted by molar-refractivity contribution is 14.2. The van der Waals surface area contributed by atoms with Gasteiger partial charge in [-0.2, -0.15) is 0 Å². The number of fused-ring (bicyclic) bond motifs is 1. The van der Waals surface area contributed by atoms with Crippen molar-refractivity contribution < 1.29 is 23.2 Å². The minimum Gasteiger partial charge on any atom is -0.492 e. The molecule has 37 heavy (non-hydrogen) atoms. The van der Waals surface area contributed by atoms with Gasteiger partial charge in [0, 0.05) is 41.2 Å². The van der Waals surface area contributed by atoms with E-state index in [-0.39, 0.29) is 18.4 Å². The molecule has 0 N–H and O–H groups in total. The van der Waals surface area contributed by atoms with Crippen LogP contribution in [0.2, 0.25) is 0 Å². The lowest BCUT2D eigenvalue weighted by molar-refractivity contribution is 0.0668. The van der Waals surface area contributed by atoms with Gasteiger partial charge >= 0.3 is 0 Å². The number of benzene rings is 2. The van der Waals surface area contributed by atoms with E-state index in [0.29, 0.717) is 29.4 Å². The van der Waals surface area contributed by atoms with Crippen molar-refractivity contribution in [1.82, 2.24) is 4.90 Å². The number of halogens is 2. The van der Waals surface area contributed by atoms with Crippen molar-refractivity contribution in [3.63, 3.8) is 0 Å². The van der Waals surface area contributed by atoms with Gasteiger partial charge in [-0.1, -0.05) is 12.2 Å². The molecule has 2 aliphatic rings. The molecule has 0 bridgehead atoms. The lowest BCUT2D eigenvalue weighted by atomic mass is 9.95. The topological polar surface area (TPSA) is 48.0 Å². The predicted molar refractivity (Wildman–Crippen MR) is 158 cm³/mol. The molecule has 1 aliphatic carbocycles. The number of rotatable bonds is 11. The summed E-state index contributed by atoms with van der Waals surface area (Å²) >= 11 is 3.63. The number of Topliss-reactive ketones (excluding diaryl/α,β-unsaturated/α-hetero) is 1. The number of carbonyl (C=O) groups excluding carboxylic acids is 1. The Hall–Kier alpha value is -2.00. The summed E-state index contributed by atoms with van der Waals surface area (Å²) in [5, 5.41) is 0.886. The van der Waals surface area contributed by atoms with Crippen LogP contribution < -0.4 is 14.0 Å². The van der Waals surface area contributed by atoms with Gasteiger partial charge in [-0.3, -0.25) is 14.1 Å². The molecule has 0 amide bonds.